The van der Waals surface area contributed by atoms with Crippen LogP contribution in [0.4, 0.5) is 5.69 Å². The van der Waals surface area contributed by atoms with Gasteiger partial charge in [0.1, 0.15) is 5.75 Å². The molecule has 0 unspecified atom stereocenters. The summed E-state index contributed by atoms with van der Waals surface area (Å²) in [5.41, 5.74) is 4.56. The van der Waals surface area contributed by atoms with E-state index in [1.54, 1.807) is 24.3 Å². The highest BCUT2D eigenvalue weighted by Gasteiger charge is 2.57. The molecule has 3 aliphatic rings. The van der Waals surface area contributed by atoms with Gasteiger partial charge in [0.05, 0.1) is 36.8 Å². The average molecular weight is 460 g/mol. The van der Waals surface area contributed by atoms with Crippen molar-refractivity contribution >= 4 is 23.6 Å². The lowest BCUT2D eigenvalue weighted by atomic mass is 9.69. The highest BCUT2D eigenvalue weighted by atomic mass is 16.5. The lowest BCUT2D eigenvalue weighted by Crippen LogP contribution is -2.35. The molecule has 2 amide bonds. The predicted octanol–water partition coefficient (Wildman–Crippen LogP) is 4.09. The number of fused-ring (bicyclic) bond motifs is 3. The van der Waals surface area contributed by atoms with E-state index in [0.717, 1.165) is 35.1 Å². The van der Waals surface area contributed by atoms with Crippen molar-refractivity contribution in [3.63, 3.8) is 0 Å². The smallest absolute Gasteiger partial charge is 0.238 e. The van der Waals surface area contributed by atoms with E-state index in [1.165, 1.54) is 4.90 Å². The maximum Gasteiger partial charge on any atom is 0.238 e. The Morgan fingerprint density at radius 1 is 1.09 bits per heavy atom. The van der Waals surface area contributed by atoms with Crippen LogP contribution in [0, 0.1) is 17.8 Å². The molecule has 0 bridgehead atoms. The van der Waals surface area contributed by atoms with Crippen molar-refractivity contribution in [3.8, 4) is 5.75 Å². The van der Waals surface area contributed by atoms with Crippen molar-refractivity contribution in [3.05, 3.63) is 76.9 Å². The van der Waals surface area contributed by atoms with Gasteiger partial charge in [0.25, 0.3) is 0 Å². The van der Waals surface area contributed by atoms with Crippen LogP contribution in [0.5, 0.6) is 5.75 Å². The van der Waals surface area contributed by atoms with Gasteiger partial charge in [-0.25, -0.2) is 0 Å². The third-order valence-corrected chi connectivity index (χ3v) is 7.30. The van der Waals surface area contributed by atoms with Gasteiger partial charge in [0, 0.05) is 5.92 Å². The molecule has 2 N–H and O–H groups in total. The fourth-order valence-corrected chi connectivity index (χ4v) is 5.78. The molecule has 0 saturated carbocycles. The largest absolute Gasteiger partial charge is 0.508 e. The van der Waals surface area contributed by atoms with Gasteiger partial charge in [-0.3, -0.25) is 14.5 Å². The molecule has 2 saturated heterocycles. The van der Waals surface area contributed by atoms with Crippen molar-refractivity contribution < 1.29 is 24.5 Å². The summed E-state index contributed by atoms with van der Waals surface area (Å²) >= 11 is 0. The van der Waals surface area contributed by atoms with E-state index in [4.69, 9.17) is 4.74 Å². The van der Waals surface area contributed by atoms with Gasteiger partial charge < -0.3 is 14.9 Å². The van der Waals surface area contributed by atoms with Crippen molar-refractivity contribution in [1.29, 1.82) is 0 Å². The maximum atomic E-state index is 13.4. The number of phenolic OH excluding ortho intramolecular Hbond substituents is 1. The van der Waals surface area contributed by atoms with Gasteiger partial charge in [-0.2, -0.15) is 0 Å². The number of hydrogen-bond acceptors (Lipinski definition) is 5. The zero-order valence-corrected chi connectivity index (χ0v) is 19.2. The SMILES string of the molecule is C/C(=C\c1cccc(O)c1)CC[C@H]1OC[C@H]2C1=C(CO)C[C@H]1C(=O)N(c3ccccc3)C(=O)[C@H]12. The number of carbonyl (C=O) groups is 2. The molecule has 6 heteroatoms. The zero-order chi connectivity index (χ0) is 23.8. The minimum absolute atomic E-state index is 0.125. The standard InChI is InChI=1S/C28H29NO5/c1-17(12-18-6-5-9-21(31)13-18)10-11-24-25-19(15-30)14-22-26(23(25)16-34-24)28(33)29(27(22)32)20-7-3-2-4-8-20/h2-9,12-13,22-24,26,30-31H,10-11,14-16H2,1H3/b17-12+/t22-,23+,24-,26-/m1/s1. The molecule has 34 heavy (non-hydrogen) atoms. The van der Waals surface area contributed by atoms with E-state index in [1.807, 2.05) is 43.3 Å². The lowest BCUT2D eigenvalue weighted by molar-refractivity contribution is -0.122. The van der Waals surface area contributed by atoms with Crippen LogP contribution in [-0.4, -0.2) is 41.3 Å². The number of hydrogen-bond donors (Lipinski definition) is 2. The molecule has 2 aromatic carbocycles. The fraction of sp³-hybridized carbons (Fsp3) is 0.357. The van der Waals surface area contributed by atoms with Crippen LogP contribution < -0.4 is 4.90 Å². The topological polar surface area (TPSA) is 87.1 Å². The van der Waals surface area contributed by atoms with Crippen LogP contribution in [0.2, 0.25) is 0 Å². The Kier molecular flexibility index (Phi) is 6.11. The van der Waals surface area contributed by atoms with Crippen LogP contribution in [-0.2, 0) is 14.3 Å². The number of benzene rings is 2. The van der Waals surface area contributed by atoms with Crippen LogP contribution in [0.3, 0.4) is 0 Å². The summed E-state index contributed by atoms with van der Waals surface area (Å²) in [5, 5.41) is 19.8. The number of amides is 2. The highest BCUT2D eigenvalue weighted by Crippen LogP contribution is 2.50. The van der Waals surface area contributed by atoms with Crippen LogP contribution >= 0.6 is 0 Å². The Morgan fingerprint density at radius 3 is 2.62 bits per heavy atom. The highest BCUT2D eigenvalue weighted by molar-refractivity contribution is 6.22. The Bertz CT molecular complexity index is 1170. The number of phenols is 1. The molecule has 2 heterocycles. The molecule has 2 fully saturated rings. The number of rotatable bonds is 6. The van der Waals surface area contributed by atoms with Crippen LogP contribution in [0.25, 0.3) is 6.08 Å². The Labute approximate surface area is 199 Å². The Balaban J connectivity index is 1.35. The average Bonchev–Trinajstić information content (AvgIpc) is 3.36. The van der Waals surface area contributed by atoms with E-state index in [2.05, 4.69) is 0 Å². The lowest BCUT2D eigenvalue weighted by Gasteiger charge is -2.31. The number of para-hydroxylation sites is 1. The van der Waals surface area contributed by atoms with Gasteiger partial charge in [-0.15, -0.1) is 0 Å². The van der Waals surface area contributed by atoms with Crippen LogP contribution in [0.15, 0.2) is 71.3 Å². The number of aliphatic hydroxyl groups excluding tert-OH is 1. The third-order valence-electron chi connectivity index (χ3n) is 7.30. The van der Waals surface area contributed by atoms with E-state index >= 15 is 0 Å². The summed E-state index contributed by atoms with van der Waals surface area (Å²) in [4.78, 5) is 28.0. The number of allylic oxidation sites excluding steroid dienone is 1. The van der Waals surface area contributed by atoms with E-state index in [0.29, 0.717) is 18.7 Å². The number of anilines is 1. The first-order valence-electron chi connectivity index (χ1n) is 11.8. The molecular weight excluding hydrogens is 430 g/mol. The first kappa shape index (κ1) is 22.6. The van der Waals surface area contributed by atoms with Gasteiger partial charge in [0.15, 0.2) is 0 Å². The van der Waals surface area contributed by atoms with Crippen LogP contribution in [0.1, 0.15) is 31.7 Å². The first-order chi connectivity index (χ1) is 16.5. The molecule has 2 aliphatic heterocycles. The molecule has 0 aromatic heterocycles. The van der Waals surface area contributed by atoms with Gasteiger partial charge in [-0.1, -0.05) is 42.0 Å². The number of ether oxygens (including phenoxy) is 1. The molecular formula is C28H29NO5. The number of aromatic hydroxyl groups is 1. The molecule has 4 atom stereocenters. The summed E-state index contributed by atoms with van der Waals surface area (Å²) in [6, 6.07) is 16.2. The summed E-state index contributed by atoms with van der Waals surface area (Å²) in [7, 11) is 0. The zero-order valence-electron chi connectivity index (χ0n) is 19.2. The summed E-state index contributed by atoms with van der Waals surface area (Å²) in [6.07, 6.45) is 3.79. The Hall–Kier alpha value is -3.22. The van der Waals surface area contributed by atoms with Gasteiger partial charge in [-0.05, 0) is 67.2 Å². The van der Waals surface area contributed by atoms with Gasteiger partial charge in [0.2, 0.25) is 11.8 Å². The Morgan fingerprint density at radius 2 is 1.88 bits per heavy atom. The van der Waals surface area contributed by atoms with E-state index < -0.39 is 11.8 Å². The molecule has 176 valence electrons. The minimum atomic E-state index is -0.446. The molecule has 2 aromatic rings. The molecule has 5 rings (SSSR count). The number of nitrogens with zero attached hydrogens (tertiary/aromatic N) is 1. The quantitative estimate of drug-likeness (QED) is 0.502. The second-order valence-corrected chi connectivity index (χ2v) is 9.45. The molecule has 1 aliphatic carbocycles. The van der Waals surface area contributed by atoms with E-state index in [9.17, 15) is 19.8 Å². The molecule has 0 spiro atoms. The second kappa shape index (κ2) is 9.20. The maximum absolute atomic E-state index is 13.4. The summed E-state index contributed by atoms with van der Waals surface area (Å²) in [5.74, 6) is -1.17. The molecule has 0 radical (unpaired) electrons. The fourth-order valence-electron chi connectivity index (χ4n) is 5.78. The number of imide groups is 1. The van der Waals surface area contributed by atoms with Crippen molar-refractivity contribution in [1.82, 2.24) is 0 Å². The van der Waals surface area contributed by atoms with E-state index in [-0.39, 0.29) is 36.2 Å². The first-order valence-corrected chi connectivity index (χ1v) is 11.8. The van der Waals surface area contributed by atoms with Crippen molar-refractivity contribution in [2.45, 2.75) is 32.3 Å². The monoisotopic (exact) mass is 459 g/mol. The summed E-state index contributed by atoms with van der Waals surface area (Å²) in [6.45, 7) is 2.31. The molecule has 6 nitrogen and oxygen atoms in total. The van der Waals surface area contributed by atoms with Crippen molar-refractivity contribution in [2.75, 3.05) is 18.1 Å². The predicted molar refractivity (Wildman–Crippen MR) is 129 cm³/mol. The normalized spacial score (nSPS) is 26.8. The second-order valence-electron chi connectivity index (χ2n) is 9.45. The van der Waals surface area contributed by atoms with Gasteiger partial charge >= 0.3 is 0 Å². The van der Waals surface area contributed by atoms with Crippen molar-refractivity contribution in [2.24, 2.45) is 17.8 Å². The minimum Gasteiger partial charge on any atom is -0.508 e. The third kappa shape index (κ3) is 3.97. The number of aliphatic hydroxyl groups is 1. The number of carbonyl (C=O) groups excluding carboxylic acids is 2. The summed E-state index contributed by atoms with van der Waals surface area (Å²) < 4.78 is 6.17.